The first-order valence-corrected chi connectivity index (χ1v) is 12.4. The second-order valence-corrected chi connectivity index (χ2v) is 8.69. The maximum absolute atomic E-state index is 13.0. The van der Waals surface area contributed by atoms with Crippen molar-refractivity contribution < 1.29 is 28.8 Å². The zero-order valence-corrected chi connectivity index (χ0v) is 22.5. The van der Waals surface area contributed by atoms with Crippen LogP contribution < -0.4 is 10.2 Å². The maximum atomic E-state index is 13.0. The van der Waals surface area contributed by atoms with E-state index in [0.717, 1.165) is 0 Å². The lowest BCUT2D eigenvalue weighted by Gasteiger charge is -2.25. The number of ether oxygens (including phenoxy) is 2. The van der Waals surface area contributed by atoms with Gasteiger partial charge in [0.25, 0.3) is 11.6 Å². The number of esters is 2. The number of benzene rings is 3. The van der Waals surface area contributed by atoms with E-state index in [1.54, 1.807) is 48.5 Å². The molecule has 0 saturated carbocycles. The molecular weight excluding hydrogens is 542 g/mol. The Bertz CT molecular complexity index is 1400. The molecular formula is C27H26ClN5O7. The van der Waals surface area contributed by atoms with Crippen LogP contribution in [0.4, 0.5) is 28.4 Å². The van der Waals surface area contributed by atoms with Gasteiger partial charge in [-0.3, -0.25) is 24.5 Å². The molecule has 0 spiro atoms. The molecule has 0 aliphatic rings. The summed E-state index contributed by atoms with van der Waals surface area (Å²) in [5.74, 6) is -1.26. The van der Waals surface area contributed by atoms with Gasteiger partial charge in [0.1, 0.15) is 24.6 Å². The summed E-state index contributed by atoms with van der Waals surface area (Å²) >= 11 is 6.15. The number of nitro benzene ring substituents is 1. The summed E-state index contributed by atoms with van der Waals surface area (Å²) in [6.07, 6.45) is 0. The SMILES string of the molecule is CC(=O)OCCN(CCOC(C)=O)c1ccc(N=Nc2ccc([N+](=O)[O-])cc2Cl)c(NC(=O)c2ccccc2)c1. The molecule has 3 rings (SSSR count). The van der Waals surface area contributed by atoms with Crippen molar-refractivity contribution in [1.29, 1.82) is 0 Å². The normalized spacial score (nSPS) is 10.7. The Balaban J connectivity index is 1.96. The summed E-state index contributed by atoms with van der Waals surface area (Å²) in [5, 5.41) is 22.2. The average Bonchev–Trinajstić information content (AvgIpc) is 2.92. The van der Waals surface area contributed by atoms with Crippen molar-refractivity contribution >= 4 is 57.9 Å². The molecule has 1 amide bonds. The Kier molecular flexibility index (Phi) is 10.7. The Hall–Kier alpha value is -4.84. The smallest absolute Gasteiger partial charge is 0.302 e. The molecule has 208 valence electrons. The van der Waals surface area contributed by atoms with E-state index in [2.05, 4.69) is 15.5 Å². The first-order chi connectivity index (χ1) is 19.1. The van der Waals surface area contributed by atoms with Gasteiger partial charge in [-0.15, -0.1) is 10.2 Å². The van der Waals surface area contributed by atoms with Crippen molar-refractivity contribution in [3.63, 3.8) is 0 Å². The van der Waals surface area contributed by atoms with Gasteiger partial charge >= 0.3 is 11.9 Å². The molecule has 1 N–H and O–H groups in total. The van der Waals surface area contributed by atoms with Crippen LogP contribution in [0.5, 0.6) is 0 Å². The molecule has 0 unspecified atom stereocenters. The number of nitrogens with one attached hydrogen (secondary N) is 1. The molecule has 13 heteroatoms. The van der Waals surface area contributed by atoms with Crippen LogP contribution in [0.2, 0.25) is 5.02 Å². The highest BCUT2D eigenvalue weighted by atomic mass is 35.5. The van der Waals surface area contributed by atoms with Crippen LogP contribution in [0.3, 0.4) is 0 Å². The van der Waals surface area contributed by atoms with E-state index in [4.69, 9.17) is 21.1 Å². The second kappa shape index (κ2) is 14.4. The summed E-state index contributed by atoms with van der Waals surface area (Å²) in [5.41, 5.74) is 1.62. The van der Waals surface area contributed by atoms with Crippen LogP contribution in [-0.2, 0) is 19.1 Å². The van der Waals surface area contributed by atoms with Crippen LogP contribution in [0.25, 0.3) is 0 Å². The lowest BCUT2D eigenvalue weighted by molar-refractivity contribution is -0.384. The lowest BCUT2D eigenvalue weighted by atomic mass is 10.2. The van der Waals surface area contributed by atoms with Gasteiger partial charge in [0.05, 0.1) is 28.7 Å². The predicted molar refractivity (Wildman–Crippen MR) is 149 cm³/mol. The minimum absolute atomic E-state index is 0.0339. The van der Waals surface area contributed by atoms with Gasteiger partial charge in [-0.05, 0) is 36.4 Å². The van der Waals surface area contributed by atoms with Crippen molar-refractivity contribution in [1.82, 2.24) is 0 Å². The summed E-state index contributed by atoms with van der Waals surface area (Å²) in [6.45, 7) is 3.34. The molecule has 0 heterocycles. The Morgan fingerprint density at radius 2 is 1.50 bits per heavy atom. The Morgan fingerprint density at radius 3 is 2.08 bits per heavy atom. The highest BCUT2D eigenvalue weighted by molar-refractivity contribution is 6.33. The standard InChI is InChI=1S/C27H26ClN5O7/c1-18(34)39-14-12-32(13-15-40-19(2)35)21-8-11-25(26(17-21)29-27(36)20-6-4-3-5-7-20)31-30-24-10-9-22(33(37)38)16-23(24)28/h3-11,16-17H,12-15H2,1-2H3,(H,29,36). The van der Waals surface area contributed by atoms with Crippen LogP contribution >= 0.6 is 11.6 Å². The minimum Gasteiger partial charge on any atom is -0.464 e. The third-order valence-electron chi connectivity index (χ3n) is 5.37. The number of nitrogens with zero attached hydrogens (tertiary/aromatic N) is 4. The number of amides is 1. The molecule has 3 aromatic carbocycles. The van der Waals surface area contributed by atoms with E-state index >= 15 is 0 Å². The van der Waals surface area contributed by atoms with E-state index in [9.17, 15) is 24.5 Å². The maximum Gasteiger partial charge on any atom is 0.302 e. The molecule has 12 nitrogen and oxygen atoms in total. The van der Waals surface area contributed by atoms with Gasteiger partial charge in [0.2, 0.25) is 0 Å². The van der Waals surface area contributed by atoms with Crippen molar-refractivity contribution in [2.24, 2.45) is 10.2 Å². The van der Waals surface area contributed by atoms with Crippen molar-refractivity contribution in [3.05, 3.63) is 87.4 Å². The van der Waals surface area contributed by atoms with Crippen LogP contribution in [0.1, 0.15) is 24.2 Å². The van der Waals surface area contributed by atoms with Crippen molar-refractivity contribution in [3.8, 4) is 0 Å². The van der Waals surface area contributed by atoms with Gasteiger partial charge in [0.15, 0.2) is 0 Å². The van der Waals surface area contributed by atoms with Crippen LogP contribution in [0.15, 0.2) is 77.0 Å². The van der Waals surface area contributed by atoms with Gasteiger partial charge in [-0.25, -0.2) is 0 Å². The zero-order chi connectivity index (χ0) is 29.1. The molecule has 0 saturated heterocycles. The number of rotatable bonds is 12. The first kappa shape index (κ1) is 29.7. The summed E-state index contributed by atoms with van der Waals surface area (Å²) < 4.78 is 10.1. The number of anilines is 2. The van der Waals surface area contributed by atoms with Gasteiger partial charge in [0, 0.05) is 37.2 Å². The second-order valence-electron chi connectivity index (χ2n) is 8.28. The predicted octanol–water partition coefficient (Wildman–Crippen LogP) is 5.85. The quantitative estimate of drug-likeness (QED) is 0.124. The van der Waals surface area contributed by atoms with Gasteiger partial charge in [-0.2, -0.15) is 0 Å². The Labute approximate surface area is 234 Å². The first-order valence-electron chi connectivity index (χ1n) is 12.0. The highest BCUT2D eigenvalue weighted by Crippen LogP contribution is 2.34. The fraction of sp³-hybridized carbons (Fsp3) is 0.222. The average molecular weight is 568 g/mol. The fourth-order valence-electron chi connectivity index (χ4n) is 3.46. The summed E-state index contributed by atoms with van der Waals surface area (Å²) in [7, 11) is 0. The Morgan fingerprint density at radius 1 is 0.900 bits per heavy atom. The number of non-ortho nitro benzene ring substituents is 1. The van der Waals surface area contributed by atoms with E-state index < -0.39 is 22.8 Å². The molecule has 0 fully saturated rings. The molecule has 0 aliphatic heterocycles. The van der Waals surface area contributed by atoms with E-state index in [1.807, 2.05) is 4.90 Å². The fourth-order valence-corrected chi connectivity index (χ4v) is 3.67. The minimum atomic E-state index is -0.572. The molecule has 3 aromatic rings. The number of nitro groups is 1. The van der Waals surface area contributed by atoms with E-state index in [0.29, 0.717) is 16.9 Å². The topological polar surface area (TPSA) is 153 Å². The number of azo groups is 1. The molecule has 40 heavy (non-hydrogen) atoms. The third-order valence-corrected chi connectivity index (χ3v) is 5.67. The number of halogens is 1. The van der Waals surface area contributed by atoms with Crippen molar-refractivity contribution in [2.75, 3.05) is 36.5 Å². The lowest BCUT2D eigenvalue weighted by Crippen LogP contribution is -2.32. The largest absolute Gasteiger partial charge is 0.464 e. The number of hydrogen-bond donors (Lipinski definition) is 1. The third kappa shape index (κ3) is 8.88. The summed E-state index contributed by atoms with van der Waals surface area (Å²) in [4.78, 5) is 47.7. The van der Waals surface area contributed by atoms with Crippen LogP contribution in [0, 0.1) is 10.1 Å². The van der Waals surface area contributed by atoms with E-state index in [1.165, 1.54) is 32.0 Å². The molecule has 0 aliphatic carbocycles. The van der Waals surface area contributed by atoms with Crippen molar-refractivity contribution in [2.45, 2.75) is 13.8 Å². The van der Waals surface area contributed by atoms with Gasteiger partial charge < -0.3 is 19.7 Å². The monoisotopic (exact) mass is 567 g/mol. The molecule has 0 aromatic heterocycles. The molecule has 0 atom stereocenters. The number of carbonyl (C=O) groups excluding carboxylic acids is 3. The molecule has 0 radical (unpaired) electrons. The highest BCUT2D eigenvalue weighted by Gasteiger charge is 2.15. The number of carbonyl (C=O) groups is 3. The van der Waals surface area contributed by atoms with E-state index in [-0.39, 0.29) is 48.4 Å². The van der Waals surface area contributed by atoms with Gasteiger partial charge in [-0.1, -0.05) is 29.8 Å². The zero-order valence-electron chi connectivity index (χ0n) is 21.7. The molecule has 0 bridgehead atoms. The number of hydrogen-bond acceptors (Lipinski definition) is 10. The summed E-state index contributed by atoms with van der Waals surface area (Å²) in [6, 6.07) is 17.3. The van der Waals surface area contributed by atoms with Crippen LogP contribution in [-0.4, -0.2) is 49.1 Å².